The number of anilines is 2. The summed E-state index contributed by atoms with van der Waals surface area (Å²) in [5, 5.41) is 11.0. The van der Waals surface area contributed by atoms with Crippen LogP contribution in [0.1, 0.15) is 20.7 Å². The van der Waals surface area contributed by atoms with E-state index in [2.05, 4.69) is 36.5 Å². The summed E-state index contributed by atoms with van der Waals surface area (Å²) in [6.07, 6.45) is 0. The number of carbonyl (C=O) groups is 2. The average molecular weight is 759 g/mol. The Bertz CT molecular complexity index is 2070. The second-order valence-electron chi connectivity index (χ2n) is 9.45. The van der Waals surface area contributed by atoms with Crippen molar-refractivity contribution in [2.75, 3.05) is 10.6 Å². The van der Waals surface area contributed by atoms with E-state index in [1.165, 1.54) is 46.9 Å². The monoisotopic (exact) mass is 756 g/mol. The molecule has 0 saturated carbocycles. The van der Waals surface area contributed by atoms with Crippen molar-refractivity contribution >= 4 is 95.5 Å². The third-order valence-corrected chi connectivity index (χ3v) is 9.73. The Hall–Kier alpha value is -3.64. The van der Waals surface area contributed by atoms with Crippen LogP contribution in [-0.4, -0.2) is 21.8 Å². The minimum atomic E-state index is -0.431. The van der Waals surface area contributed by atoms with E-state index in [-0.39, 0.29) is 5.91 Å². The summed E-state index contributed by atoms with van der Waals surface area (Å²) in [5.74, 6) is -1.13. The van der Waals surface area contributed by atoms with Gasteiger partial charge in [-0.1, -0.05) is 68.9 Å². The van der Waals surface area contributed by atoms with Gasteiger partial charge in [-0.05, 0) is 60.7 Å². The third kappa shape index (κ3) is 6.81. The van der Waals surface area contributed by atoms with Gasteiger partial charge in [0.05, 0.1) is 21.4 Å². The molecular weight excluding hydrogens is 742 g/mol. The summed E-state index contributed by atoms with van der Waals surface area (Å²) >= 11 is 26.4. The molecule has 6 nitrogen and oxygen atoms in total. The Kier molecular flexibility index (Phi) is 9.32. The minimum absolute atomic E-state index is 0.279. The molecule has 13 heteroatoms. The standard InChI is InChI=1S/C32H17BrCl3FN4O2S2/c33-18-8-4-16(5-9-18)29(42)40-31-38-24(14-44-31)20-2-1-3-22(27(20)35)26-23(34)13-12-21(28(26)36)25-15-45-32(39-25)41-30(43)17-6-10-19(37)11-7-17/h1-15H,(H,38,40,42)(H,39,41,43). The predicted octanol–water partition coefficient (Wildman–Crippen LogP) is 11.0. The predicted molar refractivity (Wildman–Crippen MR) is 186 cm³/mol. The quantitative estimate of drug-likeness (QED) is 0.170. The Balaban J connectivity index is 1.26. The minimum Gasteiger partial charge on any atom is -0.298 e. The lowest BCUT2D eigenvalue weighted by Gasteiger charge is -2.14. The SMILES string of the molecule is O=C(Nc1nc(-c2cccc(-c3c(Cl)ccc(-c4csc(NC(=O)c5ccc(F)cc5)n4)c3Cl)c2Cl)cs1)c1ccc(Br)cc1. The molecule has 2 heterocycles. The third-order valence-electron chi connectivity index (χ3n) is 6.57. The Morgan fingerprint density at radius 2 is 1.18 bits per heavy atom. The maximum absolute atomic E-state index is 13.2. The molecule has 45 heavy (non-hydrogen) atoms. The van der Waals surface area contributed by atoms with Crippen molar-refractivity contribution in [1.82, 2.24) is 9.97 Å². The molecular formula is C32H17BrCl3FN4O2S2. The molecule has 4 aromatic carbocycles. The molecule has 0 aliphatic heterocycles. The normalized spacial score (nSPS) is 11.0. The zero-order valence-corrected chi connectivity index (χ0v) is 28.1. The van der Waals surface area contributed by atoms with E-state index in [0.717, 1.165) is 4.47 Å². The molecule has 0 saturated heterocycles. The van der Waals surface area contributed by atoms with Crippen molar-refractivity contribution in [3.05, 3.63) is 126 Å². The van der Waals surface area contributed by atoms with Gasteiger partial charge < -0.3 is 0 Å². The summed E-state index contributed by atoms with van der Waals surface area (Å²) < 4.78 is 14.1. The molecule has 0 atom stereocenters. The average Bonchev–Trinajstić information content (AvgIpc) is 3.68. The molecule has 0 aliphatic carbocycles. The van der Waals surface area contributed by atoms with Gasteiger partial charge >= 0.3 is 0 Å². The number of halogens is 5. The van der Waals surface area contributed by atoms with Gasteiger partial charge in [0.2, 0.25) is 0 Å². The van der Waals surface area contributed by atoms with Crippen LogP contribution in [-0.2, 0) is 0 Å². The van der Waals surface area contributed by atoms with Gasteiger partial charge in [-0.2, -0.15) is 0 Å². The molecule has 2 amide bonds. The lowest BCUT2D eigenvalue weighted by molar-refractivity contribution is 0.101. The van der Waals surface area contributed by atoms with E-state index in [4.69, 9.17) is 34.8 Å². The zero-order valence-electron chi connectivity index (χ0n) is 22.6. The van der Waals surface area contributed by atoms with Crippen LogP contribution in [0.4, 0.5) is 14.7 Å². The lowest BCUT2D eigenvalue weighted by atomic mass is 9.99. The van der Waals surface area contributed by atoms with Crippen LogP contribution in [0.3, 0.4) is 0 Å². The van der Waals surface area contributed by atoms with Crippen LogP contribution in [0.25, 0.3) is 33.6 Å². The summed E-state index contributed by atoms with van der Waals surface area (Å²) in [6, 6.07) is 21.1. The highest BCUT2D eigenvalue weighted by atomic mass is 79.9. The van der Waals surface area contributed by atoms with Gasteiger partial charge in [0.1, 0.15) is 5.82 Å². The Morgan fingerprint density at radius 3 is 1.76 bits per heavy atom. The first kappa shape index (κ1) is 31.3. The van der Waals surface area contributed by atoms with E-state index in [1.807, 2.05) is 12.1 Å². The van der Waals surface area contributed by atoms with Crippen molar-refractivity contribution in [1.29, 1.82) is 0 Å². The molecule has 2 aromatic heterocycles. The van der Waals surface area contributed by atoms with Crippen molar-refractivity contribution in [3.8, 4) is 33.6 Å². The number of hydrogen-bond acceptors (Lipinski definition) is 6. The van der Waals surface area contributed by atoms with Crippen LogP contribution in [0, 0.1) is 5.82 Å². The fraction of sp³-hybridized carbons (Fsp3) is 0. The number of nitrogens with one attached hydrogen (secondary N) is 2. The number of rotatable bonds is 7. The van der Waals surface area contributed by atoms with Gasteiger partial charge in [0, 0.05) is 53.6 Å². The largest absolute Gasteiger partial charge is 0.298 e. The molecule has 0 spiro atoms. The molecule has 6 rings (SSSR count). The number of hydrogen-bond donors (Lipinski definition) is 2. The molecule has 6 aromatic rings. The smallest absolute Gasteiger partial charge is 0.257 e. The van der Waals surface area contributed by atoms with E-state index in [1.54, 1.807) is 53.2 Å². The number of carbonyl (C=O) groups excluding carboxylic acids is 2. The molecule has 224 valence electrons. The first-order valence-corrected chi connectivity index (χ1v) is 16.7. The van der Waals surface area contributed by atoms with Gasteiger partial charge in [0.15, 0.2) is 10.3 Å². The van der Waals surface area contributed by atoms with Crippen LogP contribution in [0.15, 0.2) is 94.1 Å². The first-order valence-electron chi connectivity index (χ1n) is 13.0. The zero-order chi connectivity index (χ0) is 31.7. The van der Waals surface area contributed by atoms with Crippen LogP contribution in [0.5, 0.6) is 0 Å². The molecule has 0 aliphatic rings. The van der Waals surface area contributed by atoms with Crippen LogP contribution in [0.2, 0.25) is 15.1 Å². The highest BCUT2D eigenvalue weighted by molar-refractivity contribution is 9.10. The maximum Gasteiger partial charge on any atom is 0.257 e. The Morgan fingerprint density at radius 1 is 0.667 bits per heavy atom. The van der Waals surface area contributed by atoms with E-state index in [0.29, 0.717) is 70.1 Å². The van der Waals surface area contributed by atoms with Crippen LogP contribution >= 0.6 is 73.4 Å². The molecule has 2 N–H and O–H groups in total. The van der Waals surface area contributed by atoms with E-state index < -0.39 is 11.7 Å². The van der Waals surface area contributed by atoms with Gasteiger partial charge in [-0.25, -0.2) is 14.4 Å². The first-order chi connectivity index (χ1) is 21.7. The number of amides is 2. The van der Waals surface area contributed by atoms with Crippen molar-refractivity contribution in [3.63, 3.8) is 0 Å². The fourth-order valence-electron chi connectivity index (χ4n) is 4.37. The summed E-state index contributed by atoms with van der Waals surface area (Å²) in [5.41, 5.74) is 4.20. The number of aromatic nitrogens is 2. The highest BCUT2D eigenvalue weighted by Gasteiger charge is 2.21. The van der Waals surface area contributed by atoms with Crippen molar-refractivity contribution in [2.45, 2.75) is 0 Å². The second kappa shape index (κ2) is 13.4. The second-order valence-corrected chi connectivity index (χ2v) is 13.2. The van der Waals surface area contributed by atoms with Crippen LogP contribution < -0.4 is 10.6 Å². The summed E-state index contributed by atoms with van der Waals surface area (Å²) in [7, 11) is 0. The van der Waals surface area contributed by atoms with E-state index >= 15 is 0 Å². The fourth-order valence-corrected chi connectivity index (χ4v) is 7.03. The van der Waals surface area contributed by atoms with Gasteiger partial charge in [-0.15, -0.1) is 22.7 Å². The summed E-state index contributed by atoms with van der Waals surface area (Å²) in [4.78, 5) is 34.4. The number of benzene rings is 4. The van der Waals surface area contributed by atoms with Crippen molar-refractivity contribution in [2.24, 2.45) is 0 Å². The summed E-state index contributed by atoms with van der Waals surface area (Å²) in [6.45, 7) is 0. The van der Waals surface area contributed by atoms with Gasteiger partial charge in [-0.3, -0.25) is 20.2 Å². The molecule has 0 fully saturated rings. The highest BCUT2D eigenvalue weighted by Crippen LogP contribution is 2.46. The molecule has 0 unspecified atom stereocenters. The van der Waals surface area contributed by atoms with Crippen molar-refractivity contribution < 1.29 is 14.0 Å². The maximum atomic E-state index is 13.2. The number of nitrogens with zero attached hydrogens (tertiary/aromatic N) is 2. The Labute approximate surface area is 288 Å². The molecule has 0 radical (unpaired) electrons. The van der Waals surface area contributed by atoms with E-state index in [9.17, 15) is 14.0 Å². The lowest BCUT2D eigenvalue weighted by Crippen LogP contribution is -2.11. The number of thiazole rings is 2. The molecule has 0 bridgehead atoms. The topological polar surface area (TPSA) is 84.0 Å². The van der Waals surface area contributed by atoms with Gasteiger partial charge in [0.25, 0.3) is 11.8 Å².